The van der Waals surface area contributed by atoms with E-state index in [4.69, 9.17) is 10.5 Å². The quantitative estimate of drug-likeness (QED) is 0.811. The maximum Gasteiger partial charge on any atom is 0.222 e. The van der Waals surface area contributed by atoms with E-state index in [0.29, 0.717) is 6.61 Å². The minimum absolute atomic E-state index is 0.0284. The molecule has 1 aromatic carbocycles. The summed E-state index contributed by atoms with van der Waals surface area (Å²) in [6.45, 7) is 6.41. The van der Waals surface area contributed by atoms with Crippen molar-refractivity contribution in [2.24, 2.45) is 5.73 Å². The van der Waals surface area contributed by atoms with E-state index in [-0.39, 0.29) is 24.4 Å². The summed E-state index contributed by atoms with van der Waals surface area (Å²) >= 11 is 0. The molecule has 0 aromatic heterocycles. The van der Waals surface area contributed by atoms with E-state index in [0.717, 1.165) is 11.3 Å². The zero-order valence-electron chi connectivity index (χ0n) is 11.3. The van der Waals surface area contributed by atoms with E-state index < -0.39 is 0 Å². The lowest BCUT2D eigenvalue weighted by Crippen LogP contribution is -2.32. The molecule has 0 aliphatic carbocycles. The van der Waals surface area contributed by atoms with E-state index in [1.807, 2.05) is 45.0 Å². The van der Waals surface area contributed by atoms with Gasteiger partial charge in [-0.05, 0) is 38.5 Å². The van der Waals surface area contributed by atoms with Crippen molar-refractivity contribution in [1.29, 1.82) is 0 Å². The lowest BCUT2D eigenvalue weighted by molar-refractivity contribution is -0.121. The Morgan fingerprint density at radius 1 is 1.44 bits per heavy atom. The van der Waals surface area contributed by atoms with Crippen LogP contribution in [-0.4, -0.2) is 18.6 Å². The minimum atomic E-state index is -0.302. The summed E-state index contributed by atoms with van der Waals surface area (Å²) in [6.07, 6.45) is 0.285. The van der Waals surface area contributed by atoms with Gasteiger partial charge in [0.1, 0.15) is 5.75 Å². The summed E-state index contributed by atoms with van der Waals surface area (Å²) in [4.78, 5) is 11.6. The number of nitrogens with one attached hydrogen (secondary N) is 1. The first-order valence-electron chi connectivity index (χ1n) is 6.30. The molecule has 4 nitrogen and oxygen atoms in total. The third-order valence-corrected chi connectivity index (χ3v) is 2.45. The van der Waals surface area contributed by atoms with E-state index in [1.165, 1.54) is 0 Å². The summed E-state index contributed by atoms with van der Waals surface area (Å²) in [5.41, 5.74) is 6.94. The van der Waals surface area contributed by atoms with Gasteiger partial charge in [-0.15, -0.1) is 0 Å². The Hall–Kier alpha value is -1.55. The first-order valence-corrected chi connectivity index (χ1v) is 6.30. The van der Waals surface area contributed by atoms with Gasteiger partial charge in [0.25, 0.3) is 0 Å². The highest BCUT2D eigenvalue weighted by molar-refractivity contribution is 5.77. The molecule has 0 fully saturated rings. The second-order valence-electron chi connectivity index (χ2n) is 4.54. The van der Waals surface area contributed by atoms with Gasteiger partial charge in [0.2, 0.25) is 5.91 Å². The van der Waals surface area contributed by atoms with E-state index in [1.54, 1.807) is 0 Å². The molecule has 1 atom stereocenters. The van der Waals surface area contributed by atoms with Crippen molar-refractivity contribution < 1.29 is 9.53 Å². The molecule has 0 spiro atoms. The molecule has 3 N–H and O–H groups in total. The van der Waals surface area contributed by atoms with Crippen LogP contribution < -0.4 is 15.8 Å². The van der Waals surface area contributed by atoms with Crippen LogP contribution in [0.5, 0.6) is 5.75 Å². The Balaban J connectivity index is 2.63. The van der Waals surface area contributed by atoms with Crippen molar-refractivity contribution in [3.63, 3.8) is 0 Å². The fourth-order valence-corrected chi connectivity index (χ4v) is 1.70. The van der Waals surface area contributed by atoms with Gasteiger partial charge in [0.15, 0.2) is 0 Å². The van der Waals surface area contributed by atoms with Gasteiger partial charge in [-0.3, -0.25) is 4.79 Å². The van der Waals surface area contributed by atoms with Crippen LogP contribution in [0.4, 0.5) is 0 Å². The first kappa shape index (κ1) is 14.5. The highest BCUT2D eigenvalue weighted by Gasteiger charge is 2.12. The molecule has 0 aliphatic heterocycles. The number of amides is 1. The molecule has 100 valence electrons. The van der Waals surface area contributed by atoms with Crippen molar-refractivity contribution in [2.75, 3.05) is 6.61 Å². The Labute approximate surface area is 109 Å². The first-order chi connectivity index (χ1) is 8.52. The Bertz CT molecular complexity index is 391. The molecule has 0 radical (unpaired) electrons. The molecule has 1 rings (SSSR count). The highest BCUT2D eigenvalue weighted by atomic mass is 16.5. The van der Waals surface area contributed by atoms with Crippen LogP contribution in [0.25, 0.3) is 0 Å². The minimum Gasteiger partial charge on any atom is -0.494 e. The summed E-state index contributed by atoms with van der Waals surface area (Å²) in [6, 6.07) is 7.41. The Morgan fingerprint density at radius 2 is 2.17 bits per heavy atom. The smallest absolute Gasteiger partial charge is 0.222 e. The highest BCUT2D eigenvalue weighted by Crippen LogP contribution is 2.20. The van der Waals surface area contributed by atoms with E-state index in [2.05, 4.69) is 5.32 Å². The molecular formula is C14H22N2O2. The van der Waals surface area contributed by atoms with Crippen molar-refractivity contribution in [1.82, 2.24) is 5.32 Å². The predicted octanol–water partition coefficient (Wildman–Crippen LogP) is 2.00. The number of carbonyl (C=O) groups is 1. The molecule has 0 saturated heterocycles. The summed E-state index contributed by atoms with van der Waals surface area (Å²) in [5, 5.41) is 2.83. The van der Waals surface area contributed by atoms with E-state index >= 15 is 0 Å². The number of rotatable bonds is 6. The molecular weight excluding hydrogens is 228 g/mol. The predicted molar refractivity (Wildman–Crippen MR) is 72.4 cm³/mol. The third kappa shape index (κ3) is 4.75. The van der Waals surface area contributed by atoms with Crippen LogP contribution >= 0.6 is 0 Å². The molecule has 1 amide bonds. The second-order valence-corrected chi connectivity index (χ2v) is 4.54. The van der Waals surface area contributed by atoms with E-state index in [9.17, 15) is 4.79 Å². The molecule has 0 aliphatic rings. The van der Waals surface area contributed by atoms with Crippen LogP contribution in [-0.2, 0) is 4.79 Å². The summed E-state index contributed by atoms with van der Waals surface area (Å²) < 4.78 is 5.41. The number of hydrogen-bond acceptors (Lipinski definition) is 3. The van der Waals surface area contributed by atoms with Gasteiger partial charge in [-0.1, -0.05) is 12.1 Å². The van der Waals surface area contributed by atoms with Gasteiger partial charge < -0.3 is 15.8 Å². The van der Waals surface area contributed by atoms with Crippen molar-refractivity contribution in [3.05, 3.63) is 29.8 Å². The Kier molecular flexibility index (Phi) is 5.65. The average molecular weight is 250 g/mol. The standard InChI is InChI=1S/C14H22N2O2/c1-4-18-12-7-5-6-11(8-12)13(15)9-14(17)16-10(2)3/h5-8,10,13H,4,9,15H2,1-3H3,(H,16,17). The zero-order chi connectivity index (χ0) is 13.5. The van der Waals surface area contributed by atoms with Crippen molar-refractivity contribution in [2.45, 2.75) is 39.3 Å². The molecule has 1 aromatic rings. The van der Waals surface area contributed by atoms with Gasteiger partial charge in [-0.25, -0.2) is 0 Å². The average Bonchev–Trinajstić information content (AvgIpc) is 2.28. The van der Waals surface area contributed by atoms with Gasteiger partial charge >= 0.3 is 0 Å². The Morgan fingerprint density at radius 3 is 2.78 bits per heavy atom. The van der Waals surface area contributed by atoms with Gasteiger partial charge in [0.05, 0.1) is 6.61 Å². The second kappa shape index (κ2) is 7.01. The fourth-order valence-electron chi connectivity index (χ4n) is 1.70. The summed E-state index contributed by atoms with van der Waals surface area (Å²) in [5.74, 6) is 0.758. The van der Waals surface area contributed by atoms with Crippen molar-refractivity contribution in [3.8, 4) is 5.75 Å². The molecule has 0 heterocycles. The molecule has 4 heteroatoms. The maximum absolute atomic E-state index is 11.6. The molecule has 0 saturated carbocycles. The van der Waals surface area contributed by atoms with Gasteiger partial charge in [0, 0.05) is 18.5 Å². The number of carbonyl (C=O) groups excluding carboxylic acids is 1. The van der Waals surface area contributed by atoms with Crippen LogP contribution in [0.1, 0.15) is 38.8 Å². The number of benzene rings is 1. The van der Waals surface area contributed by atoms with Crippen molar-refractivity contribution >= 4 is 5.91 Å². The monoisotopic (exact) mass is 250 g/mol. The summed E-state index contributed by atoms with van der Waals surface area (Å²) in [7, 11) is 0. The largest absolute Gasteiger partial charge is 0.494 e. The maximum atomic E-state index is 11.6. The number of nitrogens with two attached hydrogens (primary N) is 1. The normalized spacial score (nSPS) is 12.3. The zero-order valence-corrected chi connectivity index (χ0v) is 11.3. The third-order valence-electron chi connectivity index (χ3n) is 2.45. The topological polar surface area (TPSA) is 64.3 Å². The number of ether oxygens (including phenoxy) is 1. The molecule has 18 heavy (non-hydrogen) atoms. The molecule has 0 bridgehead atoms. The van der Waals surface area contributed by atoms with Gasteiger partial charge in [-0.2, -0.15) is 0 Å². The van der Waals surface area contributed by atoms with Crippen LogP contribution in [0.15, 0.2) is 24.3 Å². The SMILES string of the molecule is CCOc1cccc(C(N)CC(=O)NC(C)C)c1. The number of hydrogen-bond donors (Lipinski definition) is 2. The van der Waals surface area contributed by atoms with Crippen LogP contribution in [0, 0.1) is 0 Å². The van der Waals surface area contributed by atoms with Crippen LogP contribution in [0.2, 0.25) is 0 Å². The molecule has 1 unspecified atom stereocenters. The van der Waals surface area contributed by atoms with Crippen LogP contribution in [0.3, 0.4) is 0 Å². The lowest BCUT2D eigenvalue weighted by atomic mass is 10.0. The lowest BCUT2D eigenvalue weighted by Gasteiger charge is -2.14. The fraction of sp³-hybridized carbons (Fsp3) is 0.500.